The summed E-state index contributed by atoms with van der Waals surface area (Å²) in [5.74, 6) is 0.458. The maximum atomic E-state index is 12.2. The number of ether oxygens (including phenoxy) is 2. The quantitative estimate of drug-likeness (QED) is 0.199. The number of nitrogens with zero attached hydrogens (tertiary/aromatic N) is 1. The number of carbonyl (C=O) groups is 1. The molecule has 0 saturated heterocycles. The minimum absolute atomic E-state index is 0.0426. The lowest BCUT2D eigenvalue weighted by Crippen LogP contribution is -2.38. The summed E-state index contributed by atoms with van der Waals surface area (Å²) in [6, 6.07) is 5.84. The molecule has 1 unspecified atom stereocenters. The number of rotatable bonds is 13. The highest BCUT2D eigenvalue weighted by atomic mass is 19.3. The van der Waals surface area contributed by atoms with Gasteiger partial charge in [-0.25, -0.2) is 0 Å². The highest BCUT2D eigenvalue weighted by Crippen LogP contribution is 2.19. The average molecular weight is 415 g/mol. The molecule has 1 atom stereocenters. The topological polar surface area (TPSA) is 92.2 Å². The number of halogens is 2. The van der Waals surface area contributed by atoms with Crippen LogP contribution >= 0.6 is 0 Å². The van der Waals surface area contributed by atoms with Crippen LogP contribution < -0.4 is 15.4 Å². The zero-order chi connectivity index (χ0) is 21.5. The molecule has 0 amide bonds. The van der Waals surface area contributed by atoms with Gasteiger partial charge in [-0.3, -0.25) is 9.79 Å². The molecule has 1 aromatic rings. The molecule has 0 aliphatic rings. The molecule has 0 aliphatic carbocycles. The summed E-state index contributed by atoms with van der Waals surface area (Å²) in [5, 5.41) is 16.6. The second-order valence-corrected chi connectivity index (χ2v) is 6.35. The van der Waals surface area contributed by atoms with Crippen LogP contribution in [0.15, 0.2) is 29.3 Å². The lowest BCUT2D eigenvalue weighted by Gasteiger charge is -2.14. The molecule has 0 heterocycles. The fourth-order valence-electron chi connectivity index (χ4n) is 2.55. The van der Waals surface area contributed by atoms with Crippen molar-refractivity contribution in [3.63, 3.8) is 0 Å². The van der Waals surface area contributed by atoms with Crippen molar-refractivity contribution in [2.45, 2.75) is 51.7 Å². The summed E-state index contributed by atoms with van der Waals surface area (Å²) in [4.78, 5) is 15.4. The molecule has 0 bridgehead atoms. The molecule has 0 radical (unpaired) electrons. The van der Waals surface area contributed by atoms with Crippen LogP contribution in [-0.4, -0.2) is 50.4 Å². The number of nitrogens with one attached hydrogen (secondary N) is 2. The Hall–Kier alpha value is -2.42. The molecule has 1 aromatic carbocycles. The summed E-state index contributed by atoms with van der Waals surface area (Å²) in [6.07, 6.45) is 3.27. The minimum Gasteiger partial charge on any atom is -0.469 e. The van der Waals surface area contributed by atoms with Gasteiger partial charge < -0.3 is 25.2 Å². The Morgan fingerprint density at radius 2 is 1.83 bits per heavy atom. The molecule has 0 spiro atoms. The molecule has 1 rings (SSSR count). The second-order valence-electron chi connectivity index (χ2n) is 6.35. The van der Waals surface area contributed by atoms with Gasteiger partial charge in [-0.2, -0.15) is 8.78 Å². The van der Waals surface area contributed by atoms with Crippen LogP contribution in [0, 0.1) is 0 Å². The molecule has 164 valence electrons. The largest absolute Gasteiger partial charge is 0.469 e. The number of aliphatic imine (C=N–C) groups is 1. The Morgan fingerprint density at radius 3 is 2.45 bits per heavy atom. The summed E-state index contributed by atoms with van der Waals surface area (Å²) in [5.41, 5.74) is 0.567. The van der Waals surface area contributed by atoms with Crippen molar-refractivity contribution in [1.29, 1.82) is 0 Å². The highest BCUT2D eigenvalue weighted by molar-refractivity contribution is 5.79. The molecule has 9 heteroatoms. The van der Waals surface area contributed by atoms with Gasteiger partial charge in [0.25, 0.3) is 0 Å². The van der Waals surface area contributed by atoms with Crippen LogP contribution in [0.3, 0.4) is 0 Å². The van der Waals surface area contributed by atoms with Crippen molar-refractivity contribution in [1.82, 2.24) is 10.6 Å². The number of aliphatic hydroxyl groups is 1. The van der Waals surface area contributed by atoms with E-state index in [9.17, 15) is 18.7 Å². The van der Waals surface area contributed by atoms with Crippen molar-refractivity contribution < 1.29 is 28.2 Å². The fraction of sp³-hybridized carbons (Fsp3) is 0.600. The van der Waals surface area contributed by atoms with Gasteiger partial charge in [-0.05, 0) is 37.5 Å². The van der Waals surface area contributed by atoms with Gasteiger partial charge in [-0.15, -0.1) is 0 Å². The van der Waals surface area contributed by atoms with Gasteiger partial charge in [0, 0.05) is 19.5 Å². The molecular weight excluding hydrogens is 384 g/mol. The van der Waals surface area contributed by atoms with Gasteiger partial charge in [-0.1, -0.05) is 25.0 Å². The normalized spacial score (nSPS) is 12.6. The van der Waals surface area contributed by atoms with Crippen LogP contribution in [-0.2, 0) is 9.53 Å². The first-order valence-corrected chi connectivity index (χ1v) is 9.78. The third kappa shape index (κ3) is 11.2. The molecule has 0 fully saturated rings. The van der Waals surface area contributed by atoms with Crippen molar-refractivity contribution in [3.05, 3.63) is 29.8 Å². The number of alkyl halides is 2. The van der Waals surface area contributed by atoms with Gasteiger partial charge in [0.15, 0.2) is 5.96 Å². The Bertz CT molecular complexity index is 612. The van der Waals surface area contributed by atoms with E-state index in [2.05, 4.69) is 25.1 Å². The molecule has 29 heavy (non-hydrogen) atoms. The van der Waals surface area contributed by atoms with Crippen molar-refractivity contribution in [2.75, 3.05) is 26.7 Å². The number of unbranched alkanes of at least 4 members (excludes halogenated alkanes) is 3. The van der Waals surface area contributed by atoms with Crippen LogP contribution in [0.1, 0.15) is 50.7 Å². The number of benzene rings is 1. The van der Waals surface area contributed by atoms with Gasteiger partial charge >= 0.3 is 12.6 Å². The number of hydrogen-bond acceptors (Lipinski definition) is 5. The van der Waals surface area contributed by atoms with Gasteiger partial charge in [0.05, 0.1) is 19.8 Å². The van der Waals surface area contributed by atoms with Crippen LogP contribution in [0.2, 0.25) is 0 Å². The minimum atomic E-state index is -2.88. The summed E-state index contributed by atoms with van der Waals surface area (Å²) in [7, 11) is 1.39. The zero-order valence-corrected chi connectivity index (χ0v) is 17.0. The Morgan fingerprint density at radius 1 is 1.14 bits per heavy atom. The standard InChI is InChI=1S/C20H31F2N3O4/c1-3-23-20(24-13-7-5-4-6-8-18(27)28-2)25-14-17(26)15-9-11-16(12-10-15)29-19(21)22/h9-12,17,19,26H,3-8,13-14H2,1-2H3,(H2,23,24,25). The van der Waals surface area contributed by atoms with Crippen molar-refractivity contribution in [3.8, 4) is 5.75 Å². The van der Waals surface area contributed by atoms with Crippen LogP contribution in [0.5, 0.6) is 5.75 Å². The molecule has 7 nitrogen and oxygen atoms in total. The zero-order valence-electron chi connectivity index (χ0n) is 17.0. The number of esters is 1. The predicted molar refractivity (Wildman–Crippen MR) is 107 cm³/mol. The van der Waals surface area contributed by atoms with Crippen LogP contribution in [0.4, 0.5) is 8.78 Å². The van der Waals surface area contributed by atoms with E-state index in [1.807, 2.05) is 6.92 Å². The van der Waals surface area contributed by atoms with E-state index in [0.717, 1.165) is 32.2 Å². The van der Waals surface area contributed by atoms with E-state index < -0.39 is 12.7 Å². The maximum absolute atomic E-state index is 12.2. The second kappa shape index (κ2) is 14.6. The molecular formula is C20H31F2N3O4. The first kappa shape index (κ1) is 24.6. The summed E-state index contributed by atoms with van der Waals surface area (Å²) >= 11 is 0. The Balaban J connectivity index is 2.37. The van der Waals surface area contributed by atoms with Gasteiger partial charge in [0.1, 0.15) is 5.75 Å². The van der Waals surface area contributed by atoms with E-state index in [4.69, 9.17) is 0 Å². The first-order valence-electron chi connectivity index (χ1n) is 9.78. The molecule has 0 saturated carbocycles. The molecule has 0 aromatic heterocycles. The number of aliphatic hydroxyl groups excluding tert-OH is 1. The fourth-order valence-corrected chi connectivity index (χ4v) is 2.55. The van der Waals surface area contributed by atoms with Gasteiger partial charge in [0.2, 0.25) is 0 Å². The van der Waals surface area contributed by atoms with Crippen LogP contribution in [0.25, 0.3) is 0 Å². The molecule has 0 aliphatic heterocycles. The van der Waals surface area contributed by atoms with E-state index in [-0.39, 0.29) is 18.3 Å². The monoisotopic (exact) mass is 415 g/mol. The summed E-state index contributed by atoms with van der Waals surface area (Å²) in [6.45, 7) is 0.601. The first-order chi connectivity index (χ1) is 14.0. The molecule has 3 N–H and O–H groups in total. The maximum Gasteiger partial charge on any atom is 0.387 e. The van der Waals surface area contributed by atoms with Crippen molar-refractivity contribution >= 4 is 11.9 Å². The number of methoxy groups -OCH3 is 1. The number of carbonyl (C=O) groups excluding carboxylic acids is 1. The van der Waals surface area contributed by atoms with E-state index in [0.29, 0.717) is 24.5 Å². The number of hydrogen-bond donors (Lipinski definition) is 3. The van der Waals surface area contributed by atoms with E-state index in [1.54, 1.807) is 0 Å². The summed E-state index contributed by atoms with van der Waals surface area (Å²) < 4.78 is 33.2. The lowest BCUT2D eigenvalue weighted by atomic mass is 10.1. The van der Waals surface area contributed by atoms with Crippen molar-refractivity contribution in [2.24, 2.45) is 4.99 Å². The number of guanidine groups is 1. The predicted octanol–water partition coefficient (Wildman–Crippen LogP) is 3.00. The highest BCUT2D eigenvalue weighted by Gasteiger charge is 2.09. The van der Waals surface area contributed by atoms with E-state index >= 15 is 0 Å². The Kier molecular flexibility index (Phi) is 12.4. The SMILES string of the molecule is CCNC(=NCC(O)c1ccc(OC(F)F)cc1)NCCCCCCC(=O)OC. The third-order valence-electron chi connectivity index (χ3n) is 4.08. The lowest BCUT2D eigenvalue weighted by molar-refractivity contribution is -0.140. The smallest absolute Gasteiger partial charge is 0.387 e. The Labute approximate surface area is 170 Å². The third-order valence-corrected chi connectivity index (χ3v) is 4.08. The average Bonchev–Trinajstić information content (AvgIpc) is 2.70. The van der Waals surface area contributed by atoms with E-state index in [1.165, 1.54) is 31.4 Å².